The minimum atomic E-state index is -1.14. The highest BCUT2D eigenvalue weighted by Gasteiger charge is 2.30. The summed E-state index contributed by atoms with van der Waals surface area (Å²) in [5, 5.41) is 9.43. The average molecular weight is 206 g/mol. The third-order valence-corrected chi connectivity index (χ3v) is 2.55. The summed E-state index contributed by atoms with van der Waals surface area (Å²) in [5.41, 5.74) is 0.920. The van der Waals surface area contributed by atoms with Gasteiger partial charge >= 0.3 is 5.97 Å². The monoisotopic (exact) mass is 206 g/mol. The van der Waals surface area contributed by atoms with Gasteiger partial charge in [-0.1, -0.05) is 0 Å². The molecule has 1 aromatic carbocycles. The number of aliphatic hydroxyl groups excluding tert-OH is 1. The molecule has 15 heavy (non-hydrogen) atoms. The lowest BCUT2D eigenvalue weighted by Crippen LogP contribution is -1.98. The molecule has 1 N–H and O–H groups in total. The van der Waals surface area contributed by atoms with Crippen molar-refractivity contribution in [2.75, 3.05) is 0 Å². The summed E-state index contributed by atoms with van der Waals surface area (Å²) in [7, 11) is 0. The Morgan fingerprint density at radius 1 is 1.40 bits per heavy atom. The van der Waals surface area contributed by atoms with Crippen molar-refractivity contribution in [2.45, 2.75) is 25.2 Å². The molecule has 1 fully saturated rings. The van der Waals surface area contributed by atoms with Gasteiger partial charge in [0.25, 0.3) is 0 Å². The van der Waals surface area contributed by atoms with E-state index in [1.54, 1.807) is 18.2 Å². The zero-order chi connectivity index (χ0) is 10.4. The Kier molecular flexibility index (Phi) is 1.73. The number of esters is 1. The normalized spacial score (nSPS) is 23.5. The van der Waals surface area contributed by atoms with E-state index in [-0.39, 0.29) is 0 Å². The lowest BCUT2D eigenvalue weighted by molar-refractivity contribution is -0.0548. The number of hydrogen-bond donors (Lipinski definition) is 1. The molecule has 1 heterocycles. The summed E-state index contributed by atoms with van der Waals surface area (Å²) in [6.07, 6.45) is 1.32. The van der Waals surface area contributed by atoms with Crippen LogP contribution >= 0.6 is 0 Å². The Morgan fingerprint density at radius 3 is 2.93 bits per heavy atom. The molecule has 1 atom stereocenters. The van der Waals surface area contributed by atoms with E-state index in [4.69, 9.17) is 4.74 Å². The van der Waals surface area contributed by atoms with Crippen molar-refractivity contribution in [1.29, 1.82) is 0 Å². The molecular formula is C11H10O4. The van der Waals surface area contributed by atoms with Crippen molar-refractivity contribution in [2.24, 2.45) is 0 Å². The quantitative estimate of drug-likeness (QED) is 0.743. The van der Waals surface area contributed by atoms with E-state index in [1.807, 2.05) is 0 Å². The second-order valence-electron chi connectivity index (χ2n) is 3.82. The van der Waals surface area contributed by atoms with Crippen LogP contribution in [0.15, 0.2) is 18.2 Å². The van der Waals surface area contributed by atoms with Gasteiger partial charge in [0.05, 0.1) is 11.7 Å². The summed E-state index contributed by atoms with van der Waals surface area (Å²) >= 11 is 0. The number of rotatable bonds is 2. The maximum Gasteiger partial charge on any atom is 0.341 e. The molecule has 1 aliphatic heterocycles. The van der Waals surface area contributed by atoms with Gasteiger partial charge in [0.15, 0.2) is 0 Å². The van der Waals surface area contributed by atoms with Crippen LogP contribution in [0.25, 0.3) is 0 Å². The highest BCUT2D eigenvalue weighted by atomic mass is 16.6. The Labute approximate surface area is 86.4 Å². The third-order valence-electron chi connectivity index (χ3n) is 2.55. The van der Waals surface area contributed by atoms with E-state index < -0.39 is 12.3 Å². The number of aliphatic hydroxyl groups is 1. The number of carbonyl (C=O) groups is 1. The zero-order valence-corrected chi connectivity index (χ0v) is 7.97. The van der Waals surface area contributed by atoms with E-state index in [1.165, 1.54) is 0 Å². The van der Waals surface area contributed by atoms with Crippen molar-refractivity contribution in [3.05, 3.63) is 29.3 Å². The molecule has 4 nitrogen and oxygen atoms in total. The van der Waals surface area contributed by atoms with Crippen LogP contribution in [-0.4, -0.2) is 17.2 Å². The van der Waals surface area contributed by atoms with Crippen molar-refractivity contribution >= 4 is 5.97 Å². The number of ether oxygens (including phenoxy) is 2. The zero-order valence-electron chi connectivity index (χ0n) is 7.97. The molecule has 1 unspecified atom stereocenters. The van der Waals surface area contributed by atoms with E-state index in [0.717, 1.165) is 12.8 Å². The van der Waals surface area contributed by atoms with Gasteiger partial charge in [-0.2, -0.15) is 0 Å². The first-order valence-electron chi connectivity index (χ1n) is 4.94. The molecule has 1 aliphatic carbocycles. The lowest BCUT2D eigenvalue weighted by atomic mass is 10.1. The minimum absolute atomic E-state index is 0.304. The molecule has 0 saturated heterocycles. The molecule has 1 saturated carbocycles. The maximum atomic E-state index is 11.2. The lowest BCUT2D eigenvalue weighted by Gasteiger charge is -2.06. The molecular weight excluding hydrogens is 196 g/mol. The summed E-state index contributed by atoms with van der Waals surface area (Å²) in [4.78, 5) is 11.2. The van der Waals surface area contributed by atoms with Gasteiger partial charge < -0.3 is 14.6 Å². The maximum absolute atomic E-state index is 11.2. The Balaban J connectivity index is 1.94. The number of benzene rings is 1. The molecule has 3 rings (SSSR count). The first kappa shape index (κ1) is 8.73. The second-order valence-corrected chi connectivity index (χ2v) is 3.82. The number of fused-ring (bicyclic) bond motifs is 1. The number of hydrogen-bond acceptors (Lipinski definition) is 4. The molecule has 78 valence electrons. The van der Waals surface area contributed by atoms with Crippen LogP contribution in [0.2, 0.25) is 0 Å². The molecule has 2 aliphatic rings. The fourth-order valence-electron chi connectivity index (χ4n) is 1.61. The molecule has 0 aromatic heterocycles. The summed E-state index contributed by atoms with van der Waals surface area (Å²) in [5.74, 6) is 0.212. The van der Waals surface area contributed by atoms with Gasteiger partial charge in [-0.25, -0.2) is 4.79 Å². The molecule has 0 amide bonds. The van der Waals surface area contributed by atoms with Crippen molar-refractivity contribution in [1.82, 2.24) is 0 Å². The van der Waals surface area contributed by atoms with Crippen LogP contribution in [0.4, 0.5) is 0 Å². The fourth-order valence-corrected chi connectivity index (χ4v) is 1.61. The molecule has 1 aromatic rings. The van der Waals surface area contributed by atoms with E-state index in [9.17, 15) is 9.90 Å². The number of cyclic esters (lactones) is 1. The summed E-state index contributed by atoms with van der Waals surface area (Å²) < 4.78 is 10.2. The smallest absolute Gasteiger partial charge is 0.341 e. The Morgan fingerprint density at radius 2 is 2.20 bits per heavy atom. The summed E-state index contributed by atoms with van der Waals surface area (Å²) in [6, 6.07) is 5.03. The summed E-state index contributed by atoms with van der Waals surface area (Å²) in [6.45, 7) is 0. The van der Waals surface area contributed by atoms with Crippen molar-refractivity contribution in [3.63, 3.8) is 0 Å². The highest BCUT2D eigenvalue weighted by molar-refractivity contribution is 5.94. The first-order chi connectivity index (χ1) is 7.24. The largest absolute Gasteiger partial charge is 0.490 e. The van der Waals surface area contributed by atoms with E-state index >= 15 is 0 Å². The van der Waals surface area contributed by atoms with Gasteiger partial charge in [0, 0.05) is 5.56 Å². The predicted molar refractivity (Wildman–Crippen MR) is 50.5 cm³/mol. The molecule has 0 spiro atoms. The minimum Gasteiger partial charge on any atom is -0.490 e. The van der Waals surface area contributed by atoms with Crippen LogP contribution in [0.3, 0.4) is 0 Å². The molecule has 0 bridgehead atoms. The van der Waals surface area contributed by atoms with Crippen LogP contribution in [0.5, 0.6) is 5.75 Å². The van der Waals surface area contributed by atoms with Crippen molar-refractivity contribution < 1.29 is 19.4 Å². The number of carbonyl (C=O) groups excluding carboxylic acids is 1. The first-order valence-corrected chi connectivity index (χ1v) is 4.94. The Bertz CT molecular complexity index is 423. The third kappa shape index (κ3) is 1.47. The molecule has 0 radical (unpaired) electrons. The second kappa shape index (κ2) is 2.97. The van der Waals surface area contributed by atoms with Crippen molar-refractivity contribution in [3.8, 4) is 5.75 Å². The fraction of sp³-hybridized carbons (Fsp3) is 0.364. The van der Waals surface area contributed by atoms with Gasteiger partial charge in [-0.3, -0.25) is 0 Å². The van der Waals surface area contributed by atoms with Gasteiger partial charge in [0.1, 0.15) is 5.75 Å². The SMILES string of the molecule is O=C1OC(O)c2cc(OC3CC3)ccc21. The Hall–Kier alpha value is -1.55. The van der Waals surface area contributed by atoms with E-state index in [0.29, 0.717) is 23.0 Å². The standard InChI is InChI=1S/C11H10O4/c12-10-8-4-3-7(14-6-1-2-6)5-9(8)11(13)15-10/h3-6,11,13H,1-2H2. The van der Waals surface area contributed by atoms with Crippen LogP contribution in [0, 0.1) is 0 Å². The van der Waals surface area contributed by atoms with Gasteiger partial charge in [-0.15, -0.1) is 0 Å². The topological polar surface area (TPSA) is 55.8 Å². The molecule has 4 heteroatoms. The van der Waals surface area contributed by atoms with Crippen LogP contribution in [0.1, 0.15) is 35.1 Å². The highest BCUT2D eigenvalue weighted by Crippen LogP contribution is 2.33. The predicted octanol–water partition coefficient (Wildman–Crippen LogP) is 1.39. The van der Waals surface area contributed by atoms with Gasteiger partial charge in [0.2, 0.25) is 6.29 Å². The average Bonchev–Trinajstić information content (AvgIpc) is 2.96. The van der Waals surface area contributed by atoms with Crippen LogP contribution in [-0.2, 0) is 4.74 Å². The van der Waals surface area contributed by atoms with Gasteiger partial charge in [-0.05, 0) is 31.0 Å². The van der Waals surface area contributed by atoms with E-state index in [2.05, 4.69) is 4.74 Å². The van der Waals surface area contributed by atoms with Crippen LogP contribution < -0.4 is 4.74 Å².